The highest BCUT2D eigenvalue weighted by Gasteiger charge is 2.57. The molecular weight excluding hydrogens is 302 g/mol. The number of aliphatic hydroxyl groups is 3. The minimum absolute atomic E-state index is 0.267. The number of hydrogen-bond acceptors (Lipinski definition) is 6. The van der Waals surface area contributed by atoms with E-state index in [-0.39, 0.29) is 11.2 Å². The normalized spacial score (nSPS) is 32.1. The van der Waals surface area contributed by atoms with E-state index in [1.807, 2.05) is 0 Å². The van der Waals surface area contributed by atoms with Crippen LogP contribution < -0.4 is 5.56 Å². The van der Waals surface area contributed by atoms with Gasteiger partial charge in [-0.25, -0.2) is 4.98 Å². The van der Waals surface area contributed by atoms with Crippen LogP contribution in [0.3, 0.4) is 0 Å². The highest BCUT2D eigenvalue weighted by molar-refractivity contribution is 5.75. The molecule has 122 valence electrons. The first-order valence-corrected chi connectivity index (χ1v) is 7.08. The number of nitrogens with zero attached hydrogens (tertiary/aromatic N) is 2. The number of aromatic nitrogens is 3. The third-order valence-electron chi connectivity index (χ3n) is 4.08. The van der Waals surface area contributed by atoms with Crippen LogP contribution >= 0.6 is 0 Å². The van der Waals surface area contributed by atoms with Crippen molar-refractivity contribution in [2.45, 2.75) is 44.0 Å². The van der Waals surface area contributed by atoms with Crippen LogP contribution in [0.15, 0.2) is 17.1 Å². The number of H-pyrrole nitrogens is 1. The second-order valence-electron chi connectivity index (χ2n) is 5.72. The summed E-state index contributed by atoms with van der Waals surface area (Å²) in [6.07, 6.45) is 2.11. The van der Waals surface area contributed by atoms with E-state index in [9.17, 15) is 20.1 Å². The van der Waals surface area contributed by atoms with Crippen LogP contribution in [0.5, 0.6) is 0 Å². The smallest absolute Gasteiger partial charge is 0.260 e. The zero-order valence-corrected chi connectivity index (χ0v) is 12.6. The summed E-state index contributed by atoms with van der Waals surface area (Å²) in [4.78, 5) is 18.8. The molecule has 1 saturated heterocycles. The van der Waals surface area contributed by atoms with E-state index >= 15 is 0 Å². The van der Waals surface area contributed by atoms with Gasteiger partial charge < -0.3 is 29.6 Å². The summed E-state index contributed by atoms with van der Waals surface area (Å²) in [5.41, 5.74) is -2.13. The highest BCUT2D eigenvalue weighted by atomic mass is 16.6. The molecule has 5 atom stereocenters. The summed E-state index contributed by atoms with van der Waals surface area (Å²) in [5, 5.41) is 30.9. The first-order chi connectivity index (χ1) is 10.8. The molecule has 0 aliphatic carbocycles. The molecule has 4 N–H and O–H groups in total. The van der Waals surface area contributed by atoms with E-state index in [2.05, 4.69) is 15.9 Å². The first-order valence-electron chi connectivity index (χ1n) is 7.08. The van der Waals surface area contributed by atoms with Crippen LogP contribution in [0.4, 0.5) is 0 Å². The fraction of sp³-hybridized carbons (Fsp3) is 0.467. The predicted molar refractivity (Wildman–Crippen MR) is 80.5 cm³/mol. The number of fused-ring (bicyclic) bond motifs is 1. The van der Waals surface area contributed by atoms with Gasteiger partial charge in [-0.05, 0) is 19.9 Å². The standard InChI is InChI=1S/C15H17N3O5/c1-4-15(22)11(20)10(7(2)19)23-14(15)18-6-5-9-12(18)16-8(3)17-13(9)21/h1,5-7,10-11,14,19-20,22H,2-3H3,(H,16,17,21)/t7-,10+,11-,14+,15?/m0/s1. The largest absolute Gasteiger partial charge is 0.391 e. The number of rotatable bonds is 2. The molecule has 1 fully saturated rings. The quantitative estimate of drug-likeness (QED) is 0.529. The molecule has 0 radical (unpaired) electrons. The van der Waals surface area contributed by atoms with Gasteiger partial charge in [0.15, 0.2) is 11.8 Å². The summed E-state index contributed by atoms with van der Waals surface area (Å²) >= 11 is 0. The number of aliphatic hydroxyl groups excluding tert-OH is 2. The highest BCUT2D eigenvalue weighted by Crippen LogP contribution is 2.40. The minimum Gasteiger partial charge on any atom is -0.391 e. The maximum atomic E-state index is 12.0. The fourth-order valence-corrected chi connectivity index (χ4v) is 2.88. The molecule has 0 bridgehead atoms. The fourth-order valence-electron chi connectivity index (χ4n) is 2.88. The summed E-state index contributed by atoms with van der Waals surface area (Å²) < 4.78 is 6.98. The lowest BCUT2D eigenvalue weighted by Crippen LogP contribution is -2.47. The van der Waals surface area contributed by atoms with Crippen molar-refractivity contribution in [3.05, 3.63) is 28.4 Å². The van der Waals surface area contributed by atoms with Crippen molar-refractivity contribution in [1.29, 1.82) is 0 Å². The van der Waals surface area contributed by atoms with Gasteiger partial charge in [0.05, 0.1) is 11.5 Å². The average molecular weight is 319 g/mol. The van der Waals surface area contributed by atoms with Crippen molar-refractivity contribution in [3.63, 3.8) is 0 Å². The van der Waals surface area contributed by atoms with E-state index in [4.69, 9.17) is 11.2 Å². The topological polar surface area (TPSA) is 121 Å². The Kier molecular flexibility index (Phi) is 3.54. The van der Waals surface area contributed by atoms with Gasteiger partial charge in [-0.3, -0.25) is 4.79 Å². The minimum atomic E-state index is -2.06. The van der Waals surface area contributed by atoms with Crippen molar-refractivity contribution >= 4 is 11.0 Å². The van der Waals surface area contributed by atoms with Crippen LogP contribution in [0.2, 0.25) is 0 Å². The monoisotopic (exact) mass is 319 g/mol. The van der Waals surface area contributed by atoms with Gasteiger partial charge in [0.25, 0.3) is 5.56 Å². The van der Waals surface area contributed by atoms with E-state index in [1.54, 1.807) is 6.92 Å². The SMILES string of the molecule is C#CC1(O)[C@@H](O)[C@@H]([C@H](C)O)O[C@H]1n1ccc2c(=O)[nH]c(C)nc21. The van der Waals surface area contributed by atoms with Crippen LogP contribution in [0.1, 0.15) is 19.0 Å². The molecule has 0 aromatic carbocycles. The van der Waals surface area contributed by atoms with Crippen molar-refractivity contribution in [2.75, 3.05) is 0 Å². The molecule has 1 unspecified atom stereocenters. The zero-order chi connectivity index (χ0) is 16.9. The molecule has 1 aliphatic rings. The predicted octanol–water partition coefficient (Wildman–Crippen LogP) is -0.964. The molecule has 0 amide bonds. The zero-order valence-electron chi connectivity index (χ0n) is 12.6. The maximum absolute atomic E-state index is 12.0. The van der Waals surface area contributed by atoms with Crippen LogP contribution in [-0.2, 0) is 4.74 Å². The van der Waals surface area contributed by atoms with Crippen molar-refractivity contribution < 1.29 is 20.1 Å². The Labute approximate surface area is 131 Å². The van der Waals surface area contributed by atoms with Crippen LogP contribution in [0.25, 0.3) is 11.0 Å². The summed E-state index contributed by atoms with van der Waals surface area (Å²) in [6.45, 7) is 3.04. The van der Waals surface area contributed by atoms with Gasteiger partial charge >= 0.3 is 0 Å². The second-order valence-corrected chi connectivity index (χ2v) is 5.72. The Morgan fingerprint density at radius 3 is 2.91 bits per heavy atom. The lowest BCUT2D eigenvalue weighted by Gasteiger charge is -2.26. The third-order valence-corrected chi connectivity index (χ3v) is 4.08. The van der Waals surface area contributed by atoms with Gasteiger partial charge in [0, 0.05) is 6.20 Å². The molecule has 0 saturated carbocycles. The number of ether oxygens (including phenoxy) is 1. The Balaban J connectivity index is 2.18. The molecule has 1 aliphatic heterocycles. The maximum Gasteiger partial charge on any atom is 0.260 e. The lowest BCUT2D eigenvalue weighted by atomic mass is 9.93. The van der Waals surface area contributed by atoms with Gasteiger partial charge in [-0.2, -0.15) is 0 Å². The Bertz CT molecular complexity index is 849. The van der Waals surface area contributed by atoms with E-state index < -0.39 is 30.1 Å². The van der Waals surface area contributed by atoms with Gasteiger partial charge in [-0.1, -0.05) is 5.92 Å². The van der Waals surface area contributed by atoms with Crippen molar-refractivity contribution in [1.82, 2.24) is 14.5 Å². The lowest BCUT2D eigenvalue weighted by molar-refractivity contribution is -0.0844. The number of aryl methyl sites for hydroxylation is 1. The Hall–Kier alpha value is -2.18. The number of hydrogen-bond donors (Lipinski definition) is 4. The molecule has 3 heterocycles. The molecule has 23 heavy (non-hydrogen) atoms. The second kappa shape index (κ2) is 5.18. The Morgan fingerprint density at radius 2 is 2.30 bits per heavy atom. The number of nitrogens with one attached hydrogen (secondary N) is 1. The summed E-state index contributed by atoms with van der Waals surface area (Å²) in [5.74, 6) is 2.53. The van der Waals surface area contributed by atoms with Crippen molar-refractivity contribution in [3.8, 4) is 12.3 Å². The molecule has 8 heteroatoms. The van der Waals surface area contributed by atoms with E-state index in [0.717, 1.165) is 0 Å². The number of terminal acetylenes is 1. The van der Waals surface area contributed by atoms with Gasteiger partial charge in [-0.15, -0.1) is 6.42 Å². The van der Waals surface area contributed by atoms with Crippen LogP contribution in [-0.4, -0.2) is 53.8 Å². The van der Waals surface area contributed by atoms with E-state index in [1.165, 1.54) is 23.8 Å². The van der Waals surface area contributed by atoms with Crippen LogP contribution in [0, 0.1) is 19.3 Å². The van der Waals surface area contributed by atoms with E-state index in [0.29, 0.717) is 11.2 Å². The molecule has 8 nitrogen and oxygen atoms in total. The molecular formula is C15H17N3O5. The van der Waals surface area contributed by atoms with Gasteiger partial charge in [0.2, 0.25) is 0 Å². The molecule has 2 aromatic rings. The van der Waals surface area contributed by atoms with Gasteiger partial charge in [0.1, 0.15) is 23.7 Å². The third kappa shape index (κ3) is 2.17. The molecule has 3 rings (SSSR count). The Morgan fingerprint density at radius 1 is 1.61 bits per heavy atom. The van der Waals surface area contributed by atoms with Crippen molar-refractivity contribution in [2.24, 2.45) is 0 Å². The summed E-state index contributed by atoms with van der Waals surface area (Å²) in [7, 11) is 0. The molecule has 2 aromatic heterocycles. The molecule has 0 spiro atoms. The number of aromatic amines is 1. The first kappa shape index (κ1) is 15.7. The average Bonchev–Trinajstić information content (AvgIpc) is 3.00. The summed E-state index contributed by atoms with van der Waals surface area (Å²) in [6, 6.07) is 1.52.